The fraction of sp³-hybridized carbons (Fsp3) is 0.190. The lowest BCUT2D eigenvalue weighted by Gasteiger charge is -2.34. The number of benzene rings is 2. The van der Waals surface area contributed by atoms with E-state index in [0.29, 0.717) is 5.88 Å². The lowest BCUT2D eigenvalue weighted by molar-refractivity contribution is 0.457. The van der Waals surface area contributed by atoms with Crippen LogP contribution in [-0.2, 0) is 0 Å². The van der Waals surface area contributed by atoms with Crippen molar-refractivity contribution in [3.05, 3.63) is 70.9 Å². The highest BCUT2D eigenvalue weighted by Gasteiger charge is 2.28. The Labute approximate surface area is 142 Å². The van der Waals surface area contributed by atoms with Gasteiger partial charge in [-0.25, -0.2) is 4.98 Å². The van der Waals surface area contributed by atoms with Crippen molar-refractivity contribution < 1.29 is 4.74 Å². The average Bonchev–Trinajstić information content (AvgIpc) is 2.53. The van der Waals surface area contributed by atoms with E-state index in [1.54, 1.807) is 6.20 Å². The predicted molar refractivity (Wildman–Crippen MR) is 97.9 cm³/mol. The summed E-state index contributed by atoms with van der Waals surface area (Å²) in [6.45, 7) is 8.56. The second kappa shape index (κ2) is 5.38. The number of nitrogens with zero attached hydrogens (tertiary/aromatic N) is 2. The minimum absolute atomic E-state index is 0.647. The maximum Gasteiger partial charge on any atom is 0.243 e. The Balaban J connectivity index is 2.04. The molecule has 3 aromatic rings. The van der Waals surface area contributed by atoms with Crippen LogP contribution in [0.2, 0.25) is 0 Å². The monoisotopic (exact) mass is 316 g/mol. The van der Waals surface area contributed by atoms with Gasteiger partial charge in [0.25, 0.3) is 0 Å². The van der Waals surface area contributed by atoms with Crippen LogP contribution in [0.1, 0.15) is 22.3 Å². The Hall–Kier alpha value is -2.81. The molecule has 0 fully saturated rings. The van der Waals surface area contributed by atoms with Gasteiger partial charge in [0, 0.05) is 6.20 Å². The summed E-state index contributed by atoms with van der Waals surface area (Å²) in [6, 6.07) is 14.7. The van der Waals surface area contributed by atoms with Gasteiger partial charge in [-0.05, 0) is 68.7 Å². The molecule has 0 radical (unpaired) electrons. The fourth-order valence-electron chi connectivity index (χ4n) is 3.52. The van der Waals surface area contributed by atoms with Gasteiger partial charge in [-0.3, -0.25) is 0 Å². The number of pyridine rings is 1. The molecular formula is C21H20N2O. The van der Waals surface area contributed by atoms with Crippen LogP contribution in [0.3, 0.4) is 0 Å². The van der Waals surface area contributed by atoms with Crippen LogP contribution in [0.4, 0.5) is 17.1 Å². The number of hydrogen-bond acceptors (Lipinski definition) is 3. The van der Waals surface area contributed by atoms with Gasteiger partial charge in [-0.1, -0.05) is 23.8 Å². The lowest BCUT2D eigenvalue weighted by Crippen LogP contribution is -2.18. The van der Waals surface area contributed by atoms with Gasteiger partial charge in [-0.15, -0.1) is 0 Å². The van der Waals surface area contributed by atoms with Crippen LogP contribution in [0, 0.1) is 27.7 Å². The summed E-state index contributed by atoms with van der Waals surface area (Å²) >= 11 is 0. The maximum atomic E-state index is 6.03. The van der Waals surface area contributed by atoms with Crippen molar-refractivity contribution >= 4 is 17.1 Å². The van der Waals surface area contributed by atoms with Crippen LogP contribution in [0.15, 0.2) is 48.7 Å². The summed E-state index contributed by atoms with van der Waals surface area (Å²) < 4.78 is 6.03. The Bertz CT molecular complexity index is 923. The summed E-state index contributed by atoms with van der Waals surface area (Å²) in [4.78, 5) is 6.71. The van der Waals surface area contributed by atoms with Crippen LogP contribution in [-0.4, -0.2) is 4.98 Å². The third-order valence-corrected chi connectivity index (χ3v) is 4.41. The highest BCUT2D eigenvalue weighted by molar-refractivity contribution is 5.87. The molecule has 0 amide bonds. The number of anilines is 3. The second-order valence-corrected chi connectivity index (χ2v) is 6.48. The standard InChI is InChI=1S/C21H20N2O/c1-13-7-8-19-18(12-13)23(17-6-5-9-22-21(17)24-19)20-15(3)10-14(2)11-16(20)4/h5-12H,1-4H3. The Kier molecular flexibility index (Phi) is 3.31. The van der Waals surface area contributed by atoms with Crippen molar-refractivity contribution in [2.45, 2.75) is 27.7 Å². The summed E-state index contributed by atoms with van der Waals surface area (Å²) in [5.41, 5.74) is 8.21. The zero-order valence-corrected chi connectivity index (χ0v) is 14.4. The van der Waals surface area contributed by atoms with Crippen molar-refractivity contribution in [1.29, 1.82) is 0 Å². The number of aromatic nitrogens is 1. The first-order valence-corrected chi connectivity index (χ1v) is 8.16. The van der Waals surface area contributed by atoms with Crippen molar-refractivity contribution in [3.8, 4) is 11.6 Å². The molecule has 0 saturated carbocycles. The molecule has 0 atom stereocenters. The first-order chi connectivity index (χ1) is 11.5. The number of hydrogen-bond donors (Lipinski definition) is 0. The third-order valence-electron chi connectivity index (χ3n) is 4.41. The van der Waals surface area contributed by atoms with Crippen LogP contribution in [0.25, 0.3) is 0 Å². The van der Waals surface area contributed by atoms with E-state index >= 15 is 0 Å². The largest absolute Gasteiger partial charge is 0.435 e. The predicted octanol–water partition coefficient (Wildman–Crippen LogP) is 5.89. The number of aryl methyl sites for hydroxylation is 4. The molecule has 2 aromatic carbocycles. The number of rotatable bonds is 1. The summed E-state index contributed by atoms with van der Waals surface area (Å²) in [5, 5.41) is 0. The molecule has 3 nitrogen and oxygen atoms in total. The smallest absolute Gasteiger partial charge is 0.243 e. The van der Waals surface area contributed by atoms with E-state index in [4.69, 9.17) is 4.74 Å². The highest BCUT2D eigenvalue weighted by Crippen LogP contribution is 2.51. The molecule has 1 aliphatic heterocycles. The van der Waals surface area contributed by atoms with Gasteiger partial charge in [0.15, 0.2) is 5.75 Å². The number of ether oxygens (including phenoxy) is 1. The molecule has 0 spiro atoms. The van der Waals surface area contributed by atoms with E-state index < -0.39 is 0 Å². The van der Waals surface area contributed by atoms with E-state index in [9.17, 15) is 0 Å². The fourth-order valence-corrected chi connectivity index (χ4v) is 3.52. The zero-order valence-electron chi connectivity index (χ0n) is 14.4. The molecule has 0 unspecified atom stereocenters. The first kappa shape index (κ1) is 14.8. The normalized spacial score (nSPS) is 12.4. The van der Waals surface area contributed by atoms with Gasteiger partial charge in [-0.2, -0.15) is 0 Å². The minimum atomic E-state index is 0.647. The Morgan fingerprint density at radius 1 is 0.833 bits per heavy atom. The lowest BCUT2D eigenvalue weighted by atomic mass is 10.0. The molecule has 0 bridgehead atoms. The Morgan fingerprint density at radius 2 is 1.58 bits per heavy atom. The van der Waals surface area contributed by atoms with Crippen LogP contribution >= 0.6 is 0 Å². The molecule has 1 aliphatic rings. The summed E-state index contributed by atoms with van der Waals surface area (Å²) in [7, 11) is 0. The molecule has 3 heteroatoms. The van der Waals surface area contributed by atoms with E-state index in [2.05, 4.69) is 67.9 Å². The van der Waals surface area contributed by atoms with E-state index in [1.165, 1.54) is 27.9 Å². The topological polar surface area (TPSA) is 25.4 Å². The minimum Gasteiger partial charge on any atom is -0.435 e. The highest BCUT2D eigenvalue weighted by atomic mass is 16.5. The number of fused-ring (bicyclic) bond motifs is 2. The van der Waals surface area contributed by atoms with E-state index in [1.807, 2.05) is 12.1 Å². The van der Waals surface area contributed by atoms with E-state index in [0.717, 1.165) is 17.1 Å². The molecule has 1 aromatic heterocycles. The van der Waals surface area contributed by atoms with Crippen molar-refractivity contribution in [3.63, 3.8) is 0 Å². The van der Waals surface area contributed by atoms with E-state index in [-0.39, 0.29) is 0 Å². The molecule has 0 aliphatic carbocycles. The third kappa shape index (κ3) is 2.24. The maximum absolute atomic E-state index is 6.03. The molecule has 0 N–H and O–H groups in total. The van der Waals surface area contributed by atoms with Crippen molar-refractivity contribution in [2.75, 3.05) is 4.90 Å². The quantitative estimate of drug-likeness (QED) is 0.438. The average molecular weight is 316 g/mol. The van der Waals surface area contributed by atoms with Crippen molar-refractivity contribution in [1.82, 2.24) is 4.98 Å². The van der Waals surface area contributed by atoms with Gasteiger partial charge in [0.2, 0.25) is 5.88 Å². The van der Waals surface area contributed by atoms with Gasteiger partial charge in [0.05, 0.1) is 11.4 Å². The van der Waals surface area contributed by atoms with Gasteiger partial charge < -0.3 is 9.64 Å². The summed E-state index contributed by atoms with van der Waals surface area (Å²) in [5.74, 6) is 1.49. The SMILES string of the molecule is Cc1cc(C)c(N2c3cc(C)ccc3Oc3ncccc32)c(C)c1. The van der Waals surface area contributed by atoms with Crippen LogP contribution < -0.4 is 9.64 Å². The van der Waals surface area contributed by atoms with Crippen LogP contribution in [0.5, 0.6) is 11.6 Å². The van der Waals surface area contributed by atoms with Gasteiger partial charge in [0.1, 0.15) is 5.69 Å². The Morgan fingerprint density at radius 3 is 2.33 bits per heavy atom. The van der Waals surface area contributed by atoms with Crippen molar-refractivity contribution in [2.24, 2.45) is 0 Å². The second-order valence-electron chi connectivity index (χ2n) is 6.48. The zero-order chi connectivity index (χ0) is 16.8. The molecule has 0 saturated heterocycles. The molecule has 120 valence electrons. The van der Waals surface area contributed by atoms with Gasteiger partial charge >= 0.3 is 0 Å². The molecule has 4 rings (SSSR count). The molecule has 2 heterocycles. The summed E-state index contributed by atoms with van der Waals surface area (Å²) in [6.07, 6.45) is 1.77. The molecule has 24 heavy (non-hydrogen) atoms. The molecular weight excluding hydrogens is 296 g/mol. The first-order valence-electron chi connectivity index (χ1n) is 8.16.